The molecule has 1 aromatic carbocycles. The smallest absolute Gasteiger partial charge is 0.338 e. The first-order chi connectivity index (χ1) is 16.5. The second-order valence-electron chi connectivity index (χ2n) is 7.88. The summed E-state index contributed by atoms with van der Waals surface area (Å²) in [6.07, 6.45) is 0.746. The zero-order valence-corrected chi connectivity index (χ0v) is 20.6. The van der Waals surface area contributed by atoms with Crippen LogP contribution in [0.3, 0.4) is 0 Å². The van der Waals surface area contributed by atoms with Crippen LogP contribution in [0.15, 0.2) is 45.6 Å². The quantitative estimate of drug-likeness (QED) is 0.542. The number of allylic oxidation sites excluding steroid dienone is 1. The number of nitrogens with zero attached hydrogens (tertiary/aromatic N) is 3. The van der Waals surface area contributed by atoms with Crippen molar-refractivity contribution in [3.63, 3.8) is 0 Å². The number of carbonyl (C=O) groups is 2. The summed E-state index contributed by atoms with van der Waals surface area (Å²) in [6, 6.07) is 4.93. The number of amidine groups is 1. The van der Waals surface area contributed by atoms with Gasteiger partial charge in [-0.1, -0.05) is 18.7 Å². The van der Waals surface area contributed by atoms with Crippen LogP contribution in [0.4, 0.5) is 0 Å². The fourth-order valence-corrected chi connectivity index (χ4v) is 5.27. The summed E-state index contributed by atoms with van der Waals surface area (Å²) in [6.45, 7) is 4.18. The summed E-state index contributed by atoms with van der Waals surface area (Å²) in [4.78, 5) is 34.7. The van der Waals surface area contributed by atoms with Gasteiger partial charge in [-0.3, -0.25) is 4.79 Å². The number of esters is 1. The standard InChI is InChI=1S/C24H29N3O6S/c1-5-18-21(23(29)32-4)22(17-7-6-16(30-2)13-19(17)31-3)27-15(14-34-24(27)25-18)12-20(28)26-8-10-33-11-9-26/h6-7,13-14,22H,5,8-12H2,1-4H3/t22-/m0/s1. The average Bonchev–Trinajstić information content (AvgIpc) is 3.29. The van der Waals surface area contributed by atoms with E-state index >= 15 is 0 Å². The van der Waals surface area contributed by atoms with E-state index in [1.165, 1.54) is 18.9 Å². The highest BCUT2D eigenvalue weighted by Crippen LogP contribution is 2.48. The second kappa shape index (κ2) is 10.5. The van der Waals surface area contributed by atoms with E-state index in [-0.39, 0.29) is 12.3 Å². The van der Waals surface area contributed by atoms with Crippen LogP contribution in [0.2, 0.25) is 0 Å². The molecule has 1 fully saturated rings. The van der Waals surface area contributed by atoms with E-state index in [9.17, 15) is 9.59 Å². The molecule has 0 bridgehead atoms. The van der Waals surface area contributed by atoms with Gasteiger partial charge >= 0.3 is 5.97 Å². The number of benzene rings is 1. The third-order valence-corrected chi connectivity index (χ3v) is 6.95. The van der Waals surface area contributed by atoms with Crippen LogP contribution in [0, 0.1) is 0 Å². The molecule has 0 aromatic heterocycles. The molecule has 0 unspecified atom stereocenters. The number of carbonyl (C=O) groups excluding carboxylic acids is 2. The first-order valence-electron chi connectivity index (χ1n) is 11.1. The number of morpholine rings is 1. The molecule has 3 aliphatic rings. The van der Waals surface area contributed by atoms with Crippen molar-refractivity contribution in [3.05, 3.63) is 46.1 Å². The number of methoxy groups -OCH3 is 3. The number of rotatable bonds is 7. The minimum Gasteiger partial charge on any atom is -0.497 e. The van der Waals surface area contributed by atoms with Crippen molar-refractivity contribution in [2.75, 3.05) is 47.6 Å². The number of aliphatic imine (C=N–C) groups is 1. The lowest BCUT2D eigenvalue weighted by atomic mass is 9.92. The minimum absolute atomic E-state index is 0.0155. The van der Waals surface area contributed by atoms with Gasteiger partial charge in [-0.2, -0.15) is 0 Å². The Morgan fingerprint density at radius 3 is 2.59 bits per heavy atom. The van der Waals surface area contributed by atoms with Crippen LogP contribution in [0.5, 0.6) is 11.5 Å². The molecule has 3 aliphatic heterocycles. The van der Waals surface area contributed by atoms with Crippen molar-refractivity contribution in [2.45, 2.75) is 25.8 Å². The molecule has 0 saturated carbocycles. The van der Waals surface area contributed by atoms with Gasteiger partial charge in [-0.25, -0.2) is 9.79 Å². The Labute approximate surface area is 203 Å². The minimum atomic E-state index is -0.561. The van der Waals surface area contributed by atoms with E-state index in [2.05, 4.69) is 0 Å². The summed E-state index contributed by atoms with van der Waals surface area (Å²) in [5, 5.41) is 2.66. The van der Waals surface area contributed by atoms with Gasteiger partial charge in [0.2, 0.25) is 5.91 Å². The number of thioether (sulfide) groups is 1. The average molecular weight is 488 g/mol. The van der Waals surface area contributed by atoms with Gasteiger partial charge < -0.3 is 28.7 Å². The molecule has 1 saturated heterocycles. The molecule has 182 valence electrons. The van der Waals surface area contributed by atoms with Crippen molar-refractivity contribution in [3.8, 4) is 11.5 Å². The molecule has 9 nitrogen and oxygen atoms in total. The monoisotopic (exact) mass is 487 g/mol. The van der Waals surface area contributed by atoms with Crippen LogP contribution in [0.1, 0.15) is 31.4 Å². The fraction of sp³-hybridized carbons (Fsp3) is 0.458. The summed E-state index contributed by atoms with van der Waals surface area (Å²) < 4.78 is 21.6. The van der Waals surface area contributed by atoms with Gasteiger partial charge in [0.05, 0.1) is 58.3 Å². The van der Waals surface area contributed by atoms with Gasteiger partial charge in [0.15, 0.2) is 5.17 Å². The Bertz CT molecular complexity index is 1060. The summed E-state index contributed by atoms with van der Waals surface area (Å²) in [5.41, 5.74) is 2.63. The normalized spacial score (nSPS) is 19.9. The van der Waals surface area contributed by atoms with Crippen molar-refractivity contribution >= 4 is 28.8 Å². The van der Waals surface area contributed by atoms with Crippen molar-refractivity contribution in [1.29, 1.82) is 0 Å². The van der Waals surface area contributed by atoms with E-state index in [0.29, 0.717) is 55.5 Å². The molecular formula is C24H29N3O6S. The highest BCUT2D eigenvalue weighted by Gasteiger charge is 2.43. The highest BCUT2D eigenvalue weighted by atomic mass is 32.2. The third kappa shape index (κ3) is 4.52. The molecule has 1 amide bonds. The SMILES string of the molecule is CCC1=C(C(=O)OC)[C@H](c2ccc(OC)cc2OC)N2C(CC(=O)N3CCOCC3)=CSC2=N1. The Balaban J connectivity index is 1.78. The summed E-state index contributed by atoms with van der Waals surface area (Å²) in [5.74, 6) is 0.761. The van der Waals surface area contributed by atoms with Gasteiger partial charge in [0, 0.05) is 30.4 Å². The van der Waals surface area contributed by atoms with Gasteiger partial charge in [0.1, 0.15) is 11.5 Å². The predicted molar refractivity (Wildman–Crippen MR) is 129 cm³/mol. The third-order valence-electron chi connectivity index (χ3n) is 6.06. The Morgan fingerprint density at radius 2 is 1.94 bits per heavy atom. The second-order valence-corrected chi connectivity index (χ2v) is 8.71. The number of amides is 1. The van der Waals surface area contributed by atoms with Crippen LogP contribution in [-0.2, 0) is 19.1 Å². The zero-order chi connectivity index (χ0) is 24.2. The van der Waals surface area contributed by atoms with Crippen LogP contribution in [-0.4, -0.2) is 74.5 Å². The summed E-state index contributed by atoms with van der Waals surface area (Å²) in [7, 11) is 4.53. The maximum atomic E-state index is 13.1. The maximum Gasteiger partial charge on any atom is 0.338 e. The molecule has 0 aliphatic carbocycles. The van der Waals surface area contributed by atoms with Crippen LogP contribution >= 0.6 is 11.8 Å². The fourth-order valence-electron chi connectivity index (χ4n) is 4.33. The molecular weight excluding hydrogens is 458 g/mol. The van der Waals surface area contributed by atoms with Crippen molar-refractivity contribution in [1.82, 2.24) is 9.80 Å². The molecule has 0 N–H and O–H groups in total. The first-order valence-corrected chi connectivity index (χ1v) is 12.0. The molecule has 10 heteroatoms. The molecule has 3 heterocycles. The Morgan fingerprint density at radius 1 is 1.18 bits per heavy atom. The van der Waals surface area contributed by atoms with Crippen LogP contribution in [0.25, 0.3) is 0 Å². The molecule has 0 radical (unpaired) electrons. The molecule has 34 heavy (non-hydrogen) atoms. The van der Waals surface area contributed by atoms with E-state index in [0.717, 1.165) is 16.4 Å². The first kappa shape index (κ1) is 24.2. The number of hydrogen-bond donors (Lipinski definition) is 0. The lowest BCUT2D eigenvalue weighted by Gasteiger charge is -2.37. The van der Waals surface area contributed by atoms with Crippen molar-refractivity contribution in [2.24, 2.45) is 4.99 Å². The van der Waals surface area contributed by atoms with Gasteiger partial charge in [-0.05, 0) is 24.0 Å². The number of hydrogen-bond acceptors (Lipinski definition) is 9. The number of ether oxygens (including phenoxy) is 4. The molecule has 1 atom stereocenters. The predicted octanol–water partition coefficient (Wildman–Crippen LogP) is 3.09. The van der Waals surface area contributed by atoms with E-state index in [4.69, 9.17) is 23.9 Å². The Hall–Kier alpha value is -2.98. The largest absolute Gasteiger partial charge is 0.497 e. The number of fused-ring (bicyclic) bond motifs is 1. The van der Waals surface area contributed by atoms with Crippen LogP contribution < -0.4 is 9.47 Å². The molecule has 0 spiro atoms. The Kier molecular flexibility index (Phi) is 7.47. The van der Waals surface area contributed by atoms with E-state index in [1.54, 1.807) is 20.3 Å². The van der Waals surface area contributed by atoms with Gasteiger partial charge in [0.25, 0.3) is 0 Å². The lowest BCUT2D eigenvalue weighted by molar-refractivity contribution is -0.136. The van der Waals surface area contributed by atoms with E-state index in [1.807, 2.05) is 34.3 Å². The molecule has 4 rings (SSSR count). The lowest BCUT2D eigenvalue weighted by Crippen LogP contribution is -2.42. The topological polar surface area (TPSA) is 89.9 Å². The molecule has 1 aromatic rings. The van der Waals surface area contributed by atoms with Gasteiger partial charge in [-0.15, -0.1) is 0 Å². The maximum absolute atomic E-state index is 13.1. The highest BCUT2D eigenvalue weighted by molar-refractivity contribution is 8.16. The van der Waals surface area contributed by atoms with E-state index < -0.39 is 12.0 Å². The zero-order valence-electron chi connectivity index (χ0n) is 19.8. The van der Waals surface area contributed by atoms with Crippen molar-refractivity contribution < 1.29 is 28.5 Å². The summed E-state index contributed by atoms with van der Waals surface area (Å²) >= 11 is 1.45.